The highest BCUT2D eigenvalue weighted by atomic mass is 32.2. The molecule has 0 N–H and O–H groups in total. The van der Waals surface area contributed by atoms with E-state index >= 15 is 0 Å². The molecule has 0 amide bonds. The average Bonchev–Trinajstić information content (AvgIpc) is 3.51. The highest BCUT2D eigenvalue weighted by molar-refractivity contribution is 8.00. The van der Waals surface area contributed by atoms with Gasteiger partial charge in [-0.3, -0.25) is 0 Å². The molecule has 0 heterocycles. The molecule has 8 aliphatic rings. The van der Waals surface area contributed by atoms with Crippen molar-refractivity contribution in [3.63, 3.8) is 0 Å². The molecule has 1 heteroatoms. The first-order chi connectivity index (χ1) is 18.7. The van der Waals surface area contributed by atoms with Crippen LogP contribution in [0.15, 0.2) is 23.3 Å². The Morgan fingerprint density at radius 3 is 1.46 bits per heavy atom. The molecule has 2 unspecified atom stereocenters. The van der Waals surface area contributed by atoms with Gasteiger partial charge >= 0.3 is 0 Å². The Hall–Kier alpha value is -0.170. The maximum absolute atomic E-state index is 2.82. The minimum atomic E-state index is 0.533. The van der Waals surface area contributed by atoms with Crippen molar-refractivity contribution < 1.29 is 0 Å². The summed E-state index contributed by atoms with van der Waals surface area (Å²) in [6.07, 6.45) is 32.5. The van der Waals surface area contributed by atoms with E-state index in [0.717, 1.165) is 46.0 Å². The van der Waals surface area contributed by atoms with Gasteiger partial charge in [-0.15, -0.1) is 0 Å². The summed E-state index contributed by atoms with van der Waals surface area (Å²) in [5.41, 5.74) is 6.27. The predicted molar refractivity (Wildman–Crippen MR) is 168 cm³/mol. The molecule has 216 valence electrons. The molecule has 0 radical (unpaired) electrons. The molecule has 6 saturated carbocycles. The summed E-state index contributed by atoms with van der Waals surface area (Å²) in [6, 6.07) is 0. The van der Waals surface area contributed by atoms with Crippen LogP contribution in [0, 0.1) is 57.2 Å². The molecule has 0 nitrogen and oxygen atoms in total. The SMILES string of the molecule is C[C@@]12CCC[C@H]1[C@@H]1CC=C3CC(SC4CC[C@@]5(C)C(=CC[C@H]6[C@@H]7CCC[C@@]7(C)CC[C@@H]65)C4)CC[C@]3(C)[C@H]1CC2. The van der Waals surface area contributed by atoms with E-state index in [1.54, 1.807) is 0 Å². The number of fused-ring (bicyclic) bond motifs is 10. The molecule has 0 aliphatic heterocycles. The molecule has 0 bridgehead atoms. The lowest BCUT2D eigenvalue weighted by molar-refractivity contribution is -0.0249. The fourth-order valence-corrected chi connectivity index (χ4v) is 15.3. The summed E-state index contributed by atoms with van der Waals surface area (Å²) < 4.78 is 0. The minimum Gasteiger partial charge on any atom is -0.154 e. The van der Waals surface area contributed by atoms with E-state index in [4.69, 9.17) is 0 Å². The Kier molecular flexibility index (Phi) is 6.22. The van der Waals surface area contributed by atoms with Gasteiger partial charge in [0.05, 0.1) is 0 Å². The average molecular weight is 547 g/mol. The van der Waals surface area contributed by atoms with Crippen LogP contribution in [0.25, 0.3) is 0 Å². The smallest absolute Gasteiger partial charge is 0.00876 e. The second kappa shape index (κ2) is 9.16. The molecule has 0 aromatic rings. The van der Waals surface area contributed by atoms with Crippen LogP contribution in [0.4, 0.5) is 0 Å². The van der Waals surface area contributed by atoms with Crippen molar-refractivity contribution in [2.24, 2.45) is 57.2 Å². The van der Waals surface area contributed by atoms with Gasteiger partial charge in [0.15, 0.2) is 0 Å². The van der Waals surface area contributed by atoms with Crippen molar-refractivity contribution in [1.82, 2.24) is 0 Å². The molecule has 0 aromatic heterocycles. The molecule has 8 rings (SSSR count). The van der Waals surface area contributed by atoms with Crippen LogP contribution in [-0.4, -0.2) is 10.5 Å². The van der Waals surface area contributed by atoms with Crippen LogP contribution >= 0.6 is 11.8 Å². The first kappa shape index (κ1) is 26.5. The lowest BCUT2D eigenvalue weighted by Crippen LogP contribution is -2.49. The van der Waals surface area contributed by atoms with E-state index in [-0.39, 0.29) is 0 Å². The highest BCUT2D eigenvalue weighted by Crippen LogP contribution is 2.67. The molecule has 8 aliphatic carbocycles. The van der Waals surface area contributed by atoms with Gasteiger partial charge < -0.3 is 0 Å². The standard InChI is InChI=1S/C38H58S/c1-35-17-5-7-31(35)29-11-9-25-23-27(13-21-37(25,3)33(29)15-19-35)39-28-14-22-38(4)26(24-28)10-12-30-32-8-6-18-36(32,2)20-16-34(30)38/h9-10,27-34H,5-8,11-24H2,1-4H3/t27?,28?,29-,30-,31-,32-,33-,34-,35-,36-,37-,38-/m0/s1. The second-order valence-corrected chi connectivity index (χ2v) is 19.2. The van der Waals surface area contributed by atoms with E-state index in [0.29, 0.717) is 21.7 Å². The van der Waals surface area contributed by atoms with Gasteiger partial charge in [-0.25, -0.2) is 0 Å². The second-order valence-electron chi connectivity index (χ2n) is 17.6. The van der Waals surface area contributed by atoms with E-state index in [2.05, 4.69) is 51.6 Å². The molecule has 0 aromatic carbocycles. The maximum atomic E-state index is 2.82. The summed E-state index contributed by atoms with van der Waals surface area (Å²) in [5.74, 6) is 6.06. The van der Waals surface area contributed by atoms with Crippen molar-refractivity contribution in [2.75, 3.05) is 0 Å². The lowest BCUT2D eigenvalue weighted by atomic mass is 9.48. The normalized spacial score (nSPS) is 56.2. The fraction of sp³-hybridized carbons (Fsp3) is 0.895. The first-order valence-corrected chi connectivity index (χ1v) is 18.7. The molecular formula is C38H58S. The van der Waals surface area contributed by atoms with Gasteiger partial charge in [-0.1, -0.05) is 63.8 Å². The van der Waals surface area contributed by atoms with Crippen molar-refractivity contribution in [2.45, 2.75) is 154 Å². The third-order valence-electron chi connectivity index (χ3n) is 16.1. The summed E-state index contributed by atoms with van der Waals surface area (Å²) in [6.45, 7) is 10.8. The van der Waals surface area contributed by atoms with Crippen LogP contribution in [0.2, 0.25) is 0 Å². The number of thioether (sulfide) groups is 1. The zero-order valence-corrected chi connectivity index (χ0v) is 26.7. The molecule has 6 fully saturated rings. The van der Waals surface area contributed by atoms with Crippen LogP contribution in [0.5, 0.6) is 0 Å². The van der Waals surface area contributed by atoms with Gasteiger partial charge in [0.2, 0.25) is 0 Å². The number of rotatable bonds is 2. The number of hydrogen-bond acceptors (Lipinski definition) is 1. The van der Waals surface area contributed by atoms with Crippen LogP contribution < -0.4 is 0 Å². The van der Waals surface area contributed by atoms with Crippen molar-refractivity contribution in [3.8, 4) is 0 Å². The molecule has 0 spiro atoms. The molecule has 12 atom stereocenters. The Morgan fingerprint density at radius 1 is 0.538 bits per heavy atom. The van der Waals surface area contributed by atoms with E-state index in [1.165, 1.54) is 116 Å². The van der Waals surface area contributed by atoms with Gasteiger partial charge in [0, 0.05) is 10.5 Å². The van der Waals surface area contributed by atoms with Crippen LogP contribution in [-0.2, 0) is 0 Å². The predicted octanol–water partition coefficient (Wildman–Crippen LogP) is 11.2. The van der Waals surface area contributed by atoms with Gasteiger partial charge in [-0.05, 0) is 160 Å². The number of allylic oxidation sites excluding steroid dienone is 4. The van der Waals surface area contributed by atoms with Gasteiger partial charge in [0.25, 0.3) is 0 Å². The summed E-state index contributed by atoms with van der Waals surface area (Å²) in [7, 11) is 0. The summed E-state index contributed by atoms with van der Waals surface area (Å²) in [5, 5.41) is 1.78. The number of hydrogen-bond donors (Lipinski definition) is 0. The van der Waals surface area contributed by atoms with Gasteiger partial charge in [-0.2, -0.15) is 11.8 Å². The lowest BCUT2D eigenvalue weighted by Gasteiger charge is -2.58. The Labute approximate surface area is 245 Å². The van der Waals surface area contributed by atoms with E-state index in [1.807, 2.05) is 11.1 Å². The van der Waals surface area contributed by atoms with Crippen molar-refractivity contribution in [1.29, 1.82) is 0 Å². The summed E-state index contributed by atoms with van der Waals surface area (Å²) in [4.78, 5) is 0. The van der Waals surface area contributed by atoms with E-state index < -0.39 is 0 Å². The van der Waals surface area contributed by atoms with Crippen molar-refractivity contribution >= 4 is 11.8 Å². The topological polar surface area (TPSA) is 0 Å². The molecule has 0 saturated heterocycles. The molecular weight excluding hydrogens is 488 g/mol. The zero-order chi connectivity index (χ0) is 26.6. The van der Waals surface area contributed by atoms with Gasteiger partial charge in [0.1, 0.15) is 0 Å². The molecule has 39 heavy (non-hydrogen) atoms. The monoisotopic (exact) mass is 546 g/mol. The third-order valence-corrected chi connectivity index (χ3v) is 17.6. The van der Waals surface area contributed by atoms with Crippen LogP contribution in [0.3, 0.4) is 0 Å². The quantitative estimate of drug-likeness (QED) is 0.310. The Bertz CT molecular complexity index is 971. The highest BCUT2D eigenvalue weighted by Gasteiger charge is 2.57. The largest absolute Gasteiger partial charge is 0.154 e. The fourth-order valence-electron chi connectivity index (χ4n) is 13.7. The maximum Gasteiger partial charge on any atom is 0.00876 e. The van der Waals surface area contributed by atoms with Crippen LogP contribution in [0.1, 0.15) is 143 Å². The van der Waals surface area contributed by atoms with Crippen molar-refractivity contribution in [3.05, 3.63) is 23.3 Å². The minimum absolute atomic E-state index is 0.533. The Morgan fingerprint density at radius 2 is 1.00 bits per heavy atom. The summed E-state index contributed by atoms with van der Waals surface area (Å²) >= 11 is 2.46. The zero-order valence-electron chi connectivity index (χ0n) is 25.9. The third kappa shape index (κ3) is 3.88. The Balaban J connectivity index is 0.942. The first-order valence-electron chi connectivity index (χ1n) is 17.8. The van der Waals surface area contributed by atoms with E-state index in [9.17, 15) is 0 Å².